The molecule has 2 spiro atoms. The standard InChI is InChI=1S/C34H28N4O2S/c1-23-33(31(39)38(36-23)26-18-10-5-11-19-26)29(25-16-8-4-9-17-25)34(35-30(33)41-2)27-20-12-13-21-28(27)37(32(34)40)22-24-14-6-3-7-15-24/h3-21,29H,22H2,1-2H3/t29-,33-,34+/m1/s1. The third-order valence-corrected chi connectivity index (χ3v) is 9.30. The van der Waals surface area contributed by atoms with Crippen molar-refractivity contribution in [1.29, 1.82) is 0 Å². The van der Waals surface area contributed by atoms with Crippen LogP contribution in [-0.2, 0) is 21.7 Å². The van der Waals surface area contributed by atoms with Gasteiger partial charge in [0.15, 0.2) is 5.54 Å². The van der Waals surface area contributed by atoms with E-state index < -0.39 is 16.9 Å². The second kappa shape index (κ2) is 9.56. The van der Waals surface area contributed by atoms with E-state index in [1.165, 1.54) is 16.8 Å². The molecule has 0 saturated heterocycles. The van der Waals surface area contributed by atoms with Gasteiger partial charge in [0.2, 0.25) is 0 Å². The van der Waals surface area contributed by atoms with E-state index in [4.69, 9.17) is 10.1 Å². The zero-order valence-corrected chi connectivity index (χ0v) is 23.6. The Bertz CT molecular complexity index is 1720. The summed E-state index contributed by atoms with van der Waals surface area (Å²) in [5.41, 5.74) is 2.30. The molecule has 6 nitrogen and oxygen atoms in total. The van der Waals surface area contributed by atoms with Crippen LogP contribution in [0.4, 0.5) is 11.4 Å². The molecule has 3 heterocycles. The number of carbonyl (C=O) groups is 2. The van der Waals surface area contributed by atoms with Crippen molar-refractivity contribution in [1.82, 2.24) is 0 Å². The van der Waals surface area contributed by atoms with Crippen LogP contribution in [0.2, 0.25) is 0 Å². The summed E-state index contributed by atoms with van der Waals surface area (Å²) in [6.45, 7) is 2.31. The Balaban J connectivity index is 1.48. The first-order chi connectivity index (χ1) is 20.0. The first kappa shape index (κ1) is 25.5. The molecule has 0 aromatic heterocycles. The fraction of sp³-hybridized carbons (Fsp3) is 0.176. The third-order valence-electron chi connectivity index (χ3n) is 8.50. The van der Waals surface area contributed by atoms with Gasteiger partial charge in [0.1, 0.15) is 5.41 Å². The van der Waals surface area contributed by atoms with Gasteiger partial charge in [-0.3, -0.25) is 14.6 Å². The van der Waals surface area contributed by atoms with Gasteiger partial charge in [-0.1, -0.05) is 97.1 Å². The fourth-order valence-corrected chi connectivity index (χ4v) is 7.69. The molecule has 7 rings (SSSR count). The maximum Gasteiger partial charge on any atom is 0.266 e. The topological polar surface area (TPSA) is 65.3 Å². The van der Waals surface area contributed by atoms with E-state index >= 15 is 0 Å². The average molecular weight is 557 g/mol. The number of anilines is 2. The summed E-state index contributed by atoms with van der Waals surface area (Å²) in [5, 5.41) is 6.95. The number of benzene rings is 4. The summed E-state index contributed by atoms with van der Waals surface area (Å²) in [6.07, 6.45) is 1.93. The first-order valence-electron chi connectivity index (χ1n) is 13.6. The number of thioether (sulfide) groups is 1. The number of amides is 2. The minimum atomic E-state index is -1.33. The summed E-state index contributed by atoms with van der Waals surface area (Å²) < 4.78 is 0. The van der Waals surface area contributed by atoms with E-state index in [1.807, 2.05) is 133 Å². The number of carbonyl (C=O) groups excluding carboxylic acids is 2. The Morgan fingerprint density at radius 2 is 1.39 bits per heavy atom. The lowest BCUT2D eigenvalue weighted by atomic mass is 9.62. The molecule has 0 aliphatic carbocycles. The molecule has 0 fully saturated rings. The molecular formula is C34H28N4O2S. The van der Waals surface area contributed by atoms with Crippen molar-refractivity contribution in [2.45, 2.75) is 24.9 Å². The number of hydrogen-bond donors (Lipinski definition) is 0. The van der Waals surface area contributed by atoms with Gasteiger partial charge in [0.25, 0.3) is 11.8 Å². The van der Waals surface area contributed by atoms with Gasteiger partial charge in [0, 0.05) is 11.5 Å². The fourth-order valence-electron chi connectivity index (χ4n) is 6.78. The van der Waals surface area contributed by atoms with Crippen LogP contribution < -0.4 is 9.91 Å². The lowest BCUT2D eigenvalue weighted by Crippen LogP contribution is -2.52. The van der Waals surface area contributed by atoms with Crippen LogP contribution in [-0.4, -0.2) is 28.8 Å². The molecule has 7 heteroatoms. The van der Waals surface area contributed by atoms with E-state index in [2.05, 4.69) is 0 Å². The molecule has 3 atom stereocenters. The van der Waals surface area contributed by atoms with Crippen LogP contribution in [0.25, 0.3) is 0 Å². The van der Waals surface area contributed by atoms with Gasteiger partial charge in [-0.05, 0) is 42.5 Å². The minimum absolute atomic E-state index is 0.126. The number of hydrogen-bond acceptors (Lipinski definition) is 5. The van der Waals surface area contributed by atoms with Crippen LogP contribution in [0, 0.1) is 5.41 Å². The van der Waals surface area contributed by atoms with Crippen molar-refractivity contribution >= 4 is 45.7 Å². The highest BCUT2D eigenvalue weighted by Crippen LogP contribution is 2.64. The number of aliphatic imine (C=N–C) groups is 1. The summed E-state index contributed by atoms with van der Waals surface area (Å²) in [4.78, 5) is 37.0. The SMILES string of the molecule is CSC1=N[C@]2(C(=O)N(Cc3ccccc3)c3ccccc32)[C@H](c2ccccc2)[C@@]12C(=O)N(c1ccccc1)N=C2C. The van der Waals surface area contributed by atoms with Crippen LogP contribution in [0.15, 0.2) is 125 Å². The van der Waals surface area contributed by atoms with Crippen molar-refractivity contribution in [2.24, 2.45) is 15.5 Å². The molecule has 3 aliphatic rings. The number of nitrogens with zero attached hydrogens (tertiary/aromatic N) is 4. The van der Waals surface area contributed by atoms with Crippen molar-refractivity contribution < 1.29 is 9.59 Å². The maximum absolute atomic E-state index is 15.0. The molecule has 0 N–H and O–H groups in total. The highest BCUT2D eigenvalue weighted by Gasteiger charge is 2.73. The molecule has 4 aromatic rings. The molecule has 41 heavy (non-hydrogen) atoms. The van der Waals surface area contributed by atoms with Gasteiger partial charge in [-0.25, -0.2) is 0 Å². The van der Waals surface area contributed by atoms with Crippen LogP contribution in [0.1, 0.15) is 29.5 Å². The van der Waals surface area contributed by atoms with E-state index in [0.717, 1.165) is 22.4 Å². The molecule has 3 aliphatic heterocycles. The number of rotatable bonds is 4. The van der Waals surface area contributed by atoms with Crippen LogP contribution >= 0.6 is 11.8 Å². The van der Waals surface area contributed by atoms with Gasteiger partial charge in [0.05, 0.1) is 28.7 Å². The lowest BCUT2D eigenvalue weighted by molar-refractivity contribution is -0.126. The Labute approximate surface area is 243 Å². The predicted octanol–water partition coefficient (Wildman–Crippen LogP) is 6.40. The van der Waals surface area contributed by atoms with Gasteiger partial charge < -0.3 is 4.90 Å². The molecule has 4 aromatic carbocycles. The van der Waals surface area contributed by atoms with E-state index in [9.17, 15) is 9.59 Å². The number of fused-ring (bicyclic) bond motifs is 2. The second-order valence-electron chi connectivity index (χ2n) is 10.6. The Kier molecular flexibility index (Phi) is 5.94. The Hall–Kier alpha value is -4.49. The Morgan fingerprint density at radius 1 is 0.780 bits per heavy atom. The van der Waals surface area contributed by atoms with Crippen molar-refractivity contribution in [3.05, 3.63) is 132 Å². The largest absolute Gasteiger partial charge is 0.305 e. The highest BCUT2D eigenvalue weighted by molar-refractivity contribution is 8.13. The Morgan fingerprint density at radius 3 is 2.07 bits per heavy atom. The molecule has 202 valence electrons. The summed E-state index contributed by atoms with van der Waals surface area (Å²) >= 11 is 1.43. The summed E-state index contributed by atoms with van der Waals surface area (Å²) in [6, 6.07) is 37.2. The zero-order valence-electron chi connectivity index (χ0n) is 22.8. The first-order valence-corrected chi connectivity index (χ1v) is 14.9. The average Bonchev–Trinajstić information content (AvgIpc) is 3.57. The van der Waals surface area contributed by atoms with Gasteiger partial charge in [-0.15, -0.1) is 11.8 Å². The lowest BCUT2D eigenvalue weighted by Gasteiger charge is -2.37. The molecule has 0 saturated carbocycles. The second-order valence-corrected chi connectivity index (χ2v) is 11.4. The van der Waals surface area contributed by atoms with Crippen molar-refractivity contribution in [3.8, 4) is 0 Å². The third kappa shape index (κ3) is 3.45. The van der Waals surface area contributed by atoms with Crippen molar-refractivity contribution in [2.75, 3.05) is 16.2 Å². The summed E-state index contributed by atoms with van der Waals surface area (Å²) in [5.74, 6) is -0.941. The number of para-hydroxylation sites is 2. The maximum atomic E-state index is 15.0. The quantitative estimate of drug-likeness (QED) is 0.292. The molecular weight excluding hydrogens is 528 g/mol. The normalized spacial score (nSPS) is 24.8. The minimum Gasteiger partial charge on any atom is -0.305 e. The van der Waals surface area contributed by atoms with Crippen LogP contribution in [0.5, 0.6) is 0 Å². The van der Waals surface area contributed by atoms with Gasteiger partial charge >= 0.3 is 0 Å². The molecule has 0 unspecified atom stereocenters. The molecule has 0 radical (unpaired) electrons. The van der Waals surface area contributed by atoms with Gasteiger partial charge in [-0.2, -0.15) is 10.1 Å². The van der Waals surface area contributed by atoms with E-state index in [-0.39, 0.29) is 11.8 Å². The number of hydrazone groups is 1. The predicted molar refractivity (Wildman–Crippen MR) is 165 cm³/mol. The van der Waals surface area contributed by atoms with E-state index in [1.54, 1.807) is 0 Å². The smallest absolute Gasteiger partial charge is 0.266 e. The van der Waals surface area contributed by atoms with Crippen molar-refractivity contribution in [3.63, 3.8) is 0 Å². The zero-order chi connectivity index (χ0) is 28.2. The molecule has 2 amide bonds. The monoisotopic (exact) mass is 556 g/mol. The summed E-state index contributed by atoms with van der Waals surface area (Å²) in [7, 11) is 0. The van der Waals surface area contributed by atoms with E-state index in [0.29, 0.717) is 23.0 Å². The van der Waals surface area contributed by atoms with Crippen LogP contribution in [0.3, 0.4) is 0 Å². The highest BCUT2D eigenvalue weighted by atomic mass is 32.2. The molecule has 0 bridgehead atoms.